The van der Waals surface area contributed by atoms with Crippen LogP contribution in [0.3, 0.4) is 0 Å². The van der Waals surface area contributed by atoms with Crippen LogP contribution in [0.4, 0.5) is 4.79 Å². The number of nitrogens with one attached hydrogen (secondary N) is 3. The Morgan fingerprint density at radius 1 is 1.03 bits per heavy atom. The molecule has 0 aromatic rings. The van der Waals surface area contributed by atoms with Crippen LogP contribution in [-0.4, -0.2) is 78.5 Å². The van der Waals surface area contributed by atoms with Gasteiger partial charge in [-0.25, -0.2) is 4.79 Å². The van der Waals surface area contributed by atoms with E-state index in [4.69, 9.17) is 0 Å². The average molecular weight is 461 g/mol. The Morgan fingerprint density at radius 3 is 2.24 bits per heavy atom. The third kappa shape index (κ3) is 7.32. The second-order valence-corrected chi connectivity index (χ2v) is 10.2. The molecule has 4 amide bonds. The number of urea groups is 1. The molecule has 1 saturated carbocycles. The molecule has 1 unspecified atom stereocenters. The molecule has 3 N–H and O–H groups in total. The standard InChI is InChI=1S/C24H40N6O3/c1-18(31)26-20-8-12-30(13-9-20)23(33)27-21(16-19-6-4-3-5-7-19)22(32)28-24(17-25)10-14-29(2)15-11-24/h19-21H,3-16H2,1-2H3,(H,26,31)(H,27,33)(H,28,32). The quantitative estimate of drug-likeness (QED) is 0.558. The first-order valence-corrected chi connectivity index (χ1v) is 12.5. The number of nitriles is 1. The molecule has 33 heavy (non-hydrogen) atoms. The number of likely N-dealkylation sites (tertiary alicyclic amines) is 2. The molecular formula is C24H40N6O3. The zero-order valence-corrected chi connectivity index (χ0v) is 20.2. The number of hydrogen-bond donors (Lipinski definition) is 3. The number of hydrogen-bond acceptors (Lipinski definition) is 5. The highest BCUT2D eigenvalue weighted by atomic mass is 16.2. The van der Waals surface area contributed by atoms with Gasteiger partial charge in [0, 0.05) is 39.1 Å². The summed E-state index contributed by atoms with van der Waals surface area (Å²) in [5, 5.41) is 18.8. The molecule has 0 spiro atoms. The Labute approximate surface area is 197 Å². The number of carbonyl (C=O) groups is 3. The highest BCUT2D eigenvalue weighted by Gasteiger charge is 2.38. The number of amides is 4. The molecule has 1 atom stereocenters. The lowest BCUT2D eigenvalue weighted by Crippen LogP contribution is -2.60. The maximum Gasteiger partial charge on any atom is 0.318 e. The van der Waals surface area contributed by atoms with E-state index in [0.717, 1.165) is 38.8 Å². The minimum Gasteiger partial charge on any atom is -0.353 e. The first-order valence-electron chi connectivity index (χ1n) is 12.5. The summed E-state index contributed by atoms with van der Waals surface area (Å²) in [6.07, 6.45) is 8.92. The first kappa shape index (κ1) is 25.3. The summed E-state index contributed by atoms with van der Waals surface area (Å²) >= 11 is 0. The van der Waals surface area contributed by atoms with Gasteiger partial charge in [0.1, 0.15) is 11.6 Å². The van der Waals surface area contributed by atoms with Gasteiger partial charge in [0.05, 0.1) is 6.07 Å². The van der Waals surface area contributed by atoms with Crippen LogP contribution in [0.1, 0.15) is 71.1 Å². The van der Waals surface area contributed by atoms with Crippen LogP contribution in [0.2, 0.25) is 0 Å². The Kier molecular flexibility index (Phi) is 8.95. The largest absolute Gasteiger partial charge is 0.353 e. The number of carbonyl (C=O) groups excluding carboxylic acids is 3. The number of piperidine rings is 2. The van der Waals surface area contributed by atoms with Crippen molar-refractivity contribution in [3.05, 3.63) is 0 Å². The van der Waals surface area contributed by atoms with Gasteiger partial charge in [-0.15, -0.1) is 0 Å². The van der Waals surface area contributed by atoms with Crippen LogP contribution < -0.4 is 16.0 Å². The maximum absolute atomic E-state index is 13.4. The monoisotopic (exact) mass is 460 g/mol. The Balaban J connectivity index is 1.62. The molecule has 0 bridgehead atoms. The van der Waals surface area contributed by atoms with Crippen LogP contribution in [0.15, 0.2) is 0 Å². The average Bonchev–Trinajstić information content (AvgIpc) is 2.81. The zero-order chi connectivity index (χ0) is 23.8. The summed E-state index contributed by atoms with van der Waals surface area (Å²) in [4.78, 5) is 41.6. The van der Waals surface area contributed by atoms with Crippen LogP contribution in [0.25, 0.3) is 0 Å². The summed E-state index contributed by atoms with van der Waals surface area (Å²) in [5.74, 6) is 0.117. The Hall–Kier alpha value is -2.34. The molecule has 0 aromatic heterocycles. The van der Waals surface area contributed by atoms with Crippen molar-refractivity contribution < 1.29 is 14.4 Å². The maximum atomic E-state index is 13.4. The van der Waals surface area contributed by atoms with Crippen LogP contribution >= 0.6 is 0 Å². The van der Waals surface area contributed by atoms with Crippen molar-refractivity contribution in [3.63, 3.8) is 0 Å². The van der Waals surface area contributed by atoms with Crippen LogP contribution in [0, 0.1) is 17.2 Å². The summed E-state index contributed by atoms with van der Waals surface area (Å²) in [7, 11) is 2.02. The van der Waals surface area contributed by atoms with Crippen LogP contribution in [0.5, 0.6) is 0 Å². The third-order valence-electron chi connectivity index (χ3n) is 7.51. The van der Waals surface area contributed by atoms with E-state index in [0.29, 0.717) is 51.1 Å². The van der Waals surface area contributed by atoms with Crippen molar-refractivity contribution >= 4 is 17.8 Å². The highest BCUT2D eigenvalue weighted by Crippen LogP contribution is 2.28. The van der Waals surface area contributed by atoms with E-state index in [9.17, 15) is 19.6 Å². The fourth-order valence-corrected chi connectivity index (χ4v) is 5.33. The molecule has 3 rings (SSSR count). The molecule has 2 heterocycles. The highest BCUT2D eigenvalue weighted by molar-refractivity contribution is 5.88. The van der Waals surface area contributed by atoms with E-state index in [1.807, 2.05) is 7.05 Å². The summed E-state index contributed by atoms with van der Waals surface area (Å²) in [5.41, 5.74) is -0.865. The molecule has 184 valence electrons. The Morgan fingerprint density at radius 2 is 1.67 bits per heavy atom. The molecular weight excluding hydrogens is 420 g/mol. The van der Waals surface area contributed by atoms with Crippen molar-refractivity contribution in [2.45, 2.75) is 88.8 Å². The number of nitrogens with zero attached hydrogens (tertiary/aromatic N) is 3. The van der Waals surface area contributed by atoms with E-state index >= 15 is 0 Å². The first-order chi connectivity index (χ1) is 15.8. The second-order valence-electron chi connectivity index (χ2n) is 10.2. The van der Waals surface area contributed by atoms with Gasteiger partial charge >= 0.3 is 6.03 Å². The van der Waals surface area contributed by atoms with Gasteiger partial charge < -0.3 is 25.8 Å². The molecule has 3 aliphatic rings. The molecule has 3 fully saturated rings. The zero-order valence-electron chi connectivity index (χ0n) is 20.2. The molecule has 9 heteroatoms. The molecule has 2 aliphatic heterocycles. The minimum absolute atomic E-state index is 0.0533. The lowest BCUT2D eigenvalue weighted by atomic mass is 9.84. The van der Waals surface area contributed by atoms with Gasteiger partial charge in [-0.2, -0.15) is 5.26 Å². The van der Waals surface area contributed by atoms with E-state index in [2.05, 4.69) is 26.9 Å². The lowest BCUT2D eigenvalue weighted by molar-refractivity contribution is -0.125. The summed E-state index contributed by atoms with van der Waals surface area (Å²) in [6.45, 7) is 4.12. The topological polar surface area (TPSA) is 118 Å². The van der Waals surface area contributed by atoms with Gasteiger partial charge in [-0.05, 0) is 45.1 Å². The normalized spacial score (nSPS) is 23.2. The molecule has 0 aromatic carbocycles. The van der Waals surface area contributed by atoms with E-state index in [1.54, 1.807) is 4.90 Å². The fourth-order valence-electron chi connectivity index (χ4n) is 5.33. The van der Waals surface area contributed by atoms with E-state index < -0.39 is 11.6 Å². The van der Waals surface area contributed by atoms with E-state index in [-0.39, 0.29) is 23.9 Å². The molecule has 1 aliphatic carbocycles. The van der Waals surface area contributed by atoms with Gasteiger partial charge in [0.25, 0.3) is 0 Å². The van der Waals surface area contributed by atoms with Gasteiger partial charge in [-0.3, -0.25) is 9.59 Å². The van der Waals surface area contributed by atoms with Crippen molar-refractivity contribution in [2.75, 3.05) is 33.2 Å². The van der Waals surface area contributed by atoms with Gasteiger partial charge in [-0.1, -0.05) is 32.1 Å². The molecule has 2 saturated heterocycles. The van der Waals surface area contributed by atoms with Gasteiger partial charge in [0.2, 0.25) is 11.8 Å². The number of rotatable bonds is 6. The van der Waals surface area contributed by atoms with Crippen molar-refractivity contribution in [1.29, 1.82) is 5.26 Å². The predicted molar refractivity (Wildman–Crippen MR) is 125 cm³/mol. The van der Waals surface area contributed by atoms with Crippen molar-refractivity contribution in [3.8, 4) is 6.07 Å². The smallest absolute Gasteiger partial charge is 0.318 e. The summed E-state index contributed by atoms with van der Waals surface area (Å²) in [6, 6.07) is 1.56. The third-order valence-corrected chi connectivity index (χ3v) is 7.51. The molecule has 0 radical (unpaired) electrons. The Bertz CT molecular complexity index is 729. The van der Waals surface area contributed by atoms with Crippen molar-refractivity contribution in [1.82, 2.24) is 25.8 Å². The second kappa shape index (κ2) is 11.7. The SMILES string of the molecule is CC(=O)NC1CCN(C(=O)NC(CC2CCCCC2)C(=O)NC2(C#N)CCN(C)CC2)CC1. The van der Waals surface area contributed by atoms with E-state index in [1.165, 1.54) is 13.3 Å². The van der Waals surface area contributed by atoms with Crippen molar-refractivity contribution in [2.24, 2.45) is 5.92 Å². The predicted octanol–water partition coefficient (Wildman–Crippen LogP) is 1.74. The molecule has 9 nitrogen and oxygen atoms in total. The summed E-state index contributed by atoms with van der Waals surface area (Å²) < 4.78 is 0. The fraction of sp³-hybridized carbons (Fsp3) is 0.833. The van der Waals surface area contributed by atoms with Gasteiger partial charge in [0.15, 0.2) is 0 Å². The van der Waals surface area contributed by atoms with Crippen LogP contribution in [-0.2, 0) is 9.59 Å². The lowest BCUT2D eigenvalue weighted by Gasteiger charge is -2.38. The minimum atomic E-state index is -0.865.